The van der Waals surface area contributed by atoms with Gasteiger partial charge in [0, 0.05) is 43.3 Å². The zero-order valence-electron chi connectivity index (χ0n) is 16.0. The second-order valence-electron chi connectivity index (χ2n) is 6.64. The lowest BCUT2D eigenvalue weighted by molar-refractivity contribution is 0.771. The van der Waals surface area contributed by atoms with E-state index in [2.05, 4.69) is 34.1 Å². The van der Waals surface area contributed by atoms with Gasteiger partial charge in [-0.05, 0) is 37.3 Å². The van der Waals surface area contributed by atoms with Gasteiger partial charge in [0.1, 0.15) is 16.9 Å². The van der Waals surface area contributed by atoms with Crippen molar-refractivity contribution < 1.29 is 0 Å². The van der Waals surface area contributed by atoms with Gasteiger partial charge in [-0.3, -0.25) is 9.67 Å². The van der Waals surface area contributed by atoms with Gasteiger partial charge >= 0.3 is 0 Å². The van der Waals surface area contributed by atoms with Crippen molar-refractivity contribution in [1.29, 1.82) is 0 Å². The summed E-state index contributed by atoms with van der Waals surface area (Å²) >= 11 is 0. The number of pyridine rings is 1. The Morgan fingerprint density at radius 3 is 2.69 bits per heavy atom. The number of imidazole rings is 1. The van der Waals surface area contributed by atoms with E-state index in [1.54, 1.807) is 23.4 Å². The average molecular weight is 379 g/mol. The number of aryl methyl sites for hydroxylation is 2. The maximum Gasteiger partial charge on any atom is 0.164 e. The van der Waals surface area contributed by atoms with E-state index in [1.165, 1.54) is 0 Å². The van der Waals surface area contributed by atoms with E-state index in [0.29, 0.717) is 5.82 Å². The van der Waals surface area contributed by atoms with Gasteiger partial charge in [0.15, 0.2) is 11.5 Å². The lowest BCUT2D eigenvalue weighted by Crippen LogP contribution is -1.99. The molecule has 5 aromatic rings. The van der Waals surface area contributed by atoms with Gasteiger partial charge in [0.2, 0.25) is 0 Å². The summed E-state index contributed by atoms with van der Waals surface area (Å²) in [5.41, 5.74) is 5.85. The monoisotopic (exact) mass is 379 g/mol. The van der Waals surface area contributed by atoms with Crippen molar-refractivity contribution in [3.8, 4) is 33.9 Å². The van der Waals surface area contributed by atoms with Crippen LogP contribution in [-0.4, -0.2) is 34.3 Å². The van der Waals surface area contributed by atoms with E-state index in [0.717, 1.165) is 45.8 Å². The van der Waals surface area contributed by atoms with Crippen molar-refractivity contribution in [1.82, 2.24) is 34.3 Å². The Bertz CT molecular complexity index is 1300. The Morgan fingerprint density at radius 2 is 1.93 bits per heavy atom. The van der Waals surface area contributed by atoms with Crippen LogP contribution in [0, 0.1) is 12.1 Å². The number of hydrogen-bond donors (Lipinski definition) is 0. The molecule has 0 aliphatic heterocycles. The SMILES string of the molecule is CCn1cnc2c(-c3ccncc3)nc(-c3cc#cc(-c4ccn(C)n4)c3)nc21. The Hall–Kier alpha value is -4.05. The summed E-state index contributed by atoms with van der Waals surface area (Å²) in [7, 11) is 1.89. The zero-order chi connectivity index (χ0) is 19.8. The lowest BCUT2D eigenvalue weighted by Gasteiger charge is -2.07. The number of hydrogen-bond acceptors (Lipinski definition) is 5. The summed E-state index contributed by atoms with van der Waals surface area (Å²) in [4.78, 5) is 18.3. The average Bonchev–Trinajstić information content (AvgIpc) is 3.39. The van der Waals surface area contributed by atoms with Crippen molar-refractivity contribution >= 4 is 11.2 Å². The minimum absolute atomic E-state index is 0.613. The van der Waals surface area contributed by atoms with Crippen molar-refractivity contribution in [3.63, 3.8) is 0 Å². The minimum atomic E-state index is 0.613. The highest BCUT2D eigenvalue weighted by molar-refractivity contribution is 5.89. The van der Waals surface area contributed by atoms with E-state index in [4.69, 9.17) is 9.97 Å². The number of fused-ring (bicyclic) bond motifs is 1. The summed E-state index contributed by atoms with van der Waals surface area (Å²) in [6.07, 6.45) is 7.21. The molecule has 0 saturated heterocycles. The molecule has 0 unspecified atom stereocenters. The quantitative estimate of drug-likeness (QED) is 0.477. The third kappa shape index (κ3) is 3.01. The van der Waals surface area contributed by atoms with Crippen LogP contribution in [0.2, 0.25) is 0 Å². The minimum Gasteiger partial charge on any atom is -0.315 e. The van der Waals surface area contributed by atoms with Gasteiger partial charge < -0.3 is 4.57 Å². The largest absolute Gasteiger partial charge is 0.315 e. The predicted molar refractivity (Wildman–Crippen MR) is 110 cm³/mol. The summed E-state index contributed by atoms with van der Waals surface area (Å²) in [5.74, 6) is 0.613. The molecule has 5 rings (SSSR count). The number of aromatic nitrogens is 7. The molecule has 0 aliphatic carbocycles. The molecule has 0 atom stereocenters. The summed E-state index contributed by atoms with van der Waals surface area (Å²) in [6, 6.07) is 15.8. The van der Waals surface area contributed by atoms with E-state index in [-0.39, 0.29) is 0 Å². The Labute approximate surface area is 167 Å². The molecule has 0 radical (unpaired) electrons. The first-order valence-corrected chi connectivity index (χ1v) is 9.30. The van der Waals surface area contributed by atoms with Crippen molar-refractivity contribution in [2.24, 2.45) is 7.05 Å². The highest BCUT2D eigenvalue weighted by Gasteiger charge is 2.16. The molecule has 0 N–H and O–H groups in total. The second-order valence-corrected chi connectivity index (χ2v) is 6.64. The molecule has 0 saturated carbocycles. The molecule has 29 heavy (non-hydrogen) atoms. The fraction of sp³-hybridized carbons (Fsp3) is 0.136. The molecule has 0 bridgehead atoms. The Balaban J connectivity index is 1.71. The van der Waals surface area contributed by atoms with E-state index in [1.807, 2.05) is 48.1 Å². The number of rotatable bonds is 4. The van der Waals surface area contributed by atoms with Crippen molar-refractivity contribution in [3.05, 3.63) is 67.4 Å². The van der Waals surface area contributed by atoms with E-state index in [9.17, 15) is 0 Å². The molecular weight excluding hydrogens is 362 g/mol. The van der Waals surface area contributed by atoms with Gasteiger partial charge in [0.05, 0.1) is 11.9 Å². The molecule has 7 heteroatoms. The van der Waals surface area contributed by atoms with Gasteiger partial charge in [0.25, 0.3) is 0 Å². The van der Waals surface area contributed by atoms with Crippen LogP contribution in [-0.2, 0) is 13.6 Å². The third-order valence-electron chi connectivity index (χ3n) is 4.74. The molecule has 0 spiro atoms. The van der Waals surface area contributed by atoms with Crippen LogP contribution < -0.4 is 0 Å². The zero-order valence-corrected chi connectivity index (χ0v) is 16.0. The highest BCUT2D eigenvalue weighted by Crippen LogP contribution is 2.29. The molecule has 4 aromatic heterocycles. The number of nitrogens with zero attached hydrogens (tertiary/aromatic N) is 7. The Kier molecular flexibility index (Phi) is 4.03. The molecule has 1 aromatic carbocycles. The molecule has 0 amide bonds. The van der Waals surface area contributed by atoms with Crippen molar-refractivity contribution in [2.45, 2.75) is 13.5 Å². The first-order valence-electron chi connectivity index (χ1n) is 9.30. The lowest BCUT2D eigenvalue weighted by atomic mass is 10.1. The van der Waals surface area contributed by atoms with Gasteiger partial charge in [-0.15, -0.1) is 0 Å². The summed E-state index contributed by atoms with van der Waals surface area (Å²) in [6.45, 7) is 2.84. The van der Waals surface area contributed by atoms with Gasteiger partial charge in [-0.25, -0.2) is 15.0 Å². The fourth-order valence-corrected chi connectivity index (χ4v) is 3.27. The predicted octanol–water partition coefficient (Wildman–Crippen LogP) is 3.58. The molecule has 7 nitrogen and oxygen atoms in total. The van der Waals surface area contributed by atoms with Crippen LogP contribution in [0.4, 0.5) is 0 Å². The summed E-state index contributed by atoms with van der Waals surface area (Å²) in [5, 5.41) is 4.45. The molecular formula is C22H17N7. The topological polar surface area (TPSA) is 74.3 Å². The fourth-order valence-electron chi connectivity index (χ4n) is 3.27. The van der Waals surface area contributed by atoms with Crippen LogP contribution in [0.5, 0.6) is 0 Å². The maximum absolute atomic E-state index is 4.85. The third-order valence-corrected chi connectivity index (χ3v) is 4.74. The van der Waals surface area contributed by atoms with E-state index >= 15 is 0 Å². The summed E-state index contributed by atoms with van der Waals surface area (Å²) < 4.78 is 3.78. The van der Waals surface area contributed by atoms with Crippen LogP contribution in [0.1, 0.15) is 6.92 Å². The van der Waals surface area contributed by atoms with Gasteiger partial charge in [-0.2, -0.15) is 5.10 Å². The van der Waals surface area contributed by atoms with Crippen LogP contribution in [0.3, 0.4) is 0 Å². The smallest absolute Gasteiger partial charge is 0.164 e. The molecule has 0 fully saturated rings. The molecule has 140 valence electrons. The first kappa shape index (κ1) is 17.1. The second kappa shape index (κ2) is 6.84. The molecule has 0 aliphatic rings. The standard InChI is InChI=1S/C22H17N7/c1-3-29-14-24-20-19(15-7-10-23-11-8-15)25-21(26-22(20)29)17-6-4-5-16(13-17)18-9-12-28(2)27-18/h6-14H,3H2,1-2H3. The van der Waals surface area contributed by atoms with E-state index < -0.39 is 0 Å². The van der Waals surface area contributed by atoms with Crippen LogP contribution >= 0.6 is 0 Å². The highest BCUT2D eigenvalue weighted by atomic mass is 15.2. The maximum atomic E-state index is 4.85. The van der Waals surface area contributed by atoms with Crippen LogP contribution in [0.15, 0.2) is 55.2 Å². The van der Waals surface area contributed by atoms with Gasteiger partial charge in [-0.1, -0.05) is 12.1 Å². The normalized spacial score (nSPS) is 11.0. The first-order chi connectivity index (χ1) is 14.2. The Morgan fingerprint density at radius 1 is 1.07 bits per heavy atom. The molecule has 4 heterocycles. The van der Waals surface area contributed by atoms with Crippen molar-refractivity contribution in [2.75, 3.05) is 0 Å². The van der Waals surface area contributed by atoms with Crippen LogP contribution in [0.25, 0.3) is 45.1 Å².